The van der Waals surface area contributed by atoms with Crippen LogP contribution in [-0.4, -0.2) is 81.0 Å². The number of aliphatic hydroxyl groups excluding tert-OH is 2. The van der Waals surface area contributed by atoms with Crippen LogP contribution >= 0.6 is 0 Å². The van der Waals surface area contributed by atoms with E-state index in [2.05, 4.69) is 11.8 Å². The fourth-order valence-corrected chi connectivity index (χ4v) is 3.91. The van der Waals surface area contributed by atoms with Crippen molar-refractivity contribution in [2.45, 2.75) is 96.6 Å². The lowest BCUT2D eigenvalue weighted by atomic mass is 9.80. The number of piperidine rings is 1. The molecule has 6 heteroatoms. The standard InChI is InChI=1S/C19H40N2O4/c1-7-8-9-20(12-15(2)22)13-16(23)14-25-17-10-18(3,4)21(24)19(5,6)11-17/h15-17,22-24H,7-14H2,1-6H3. The van der Waals surface area contributed by atoms with E-state index in [0.717, 1.165) is 32.2 Å². The first-order valence-corrected chi connectivity index (χ1v) is 9.67. The van der Waals surface area contributed by atoms with Gasteiger partial charge in [0.15, 0.2) is 0 Å². The molecule has 3 N–H and O–H groups in total. The van der Waals surface area contributed by atoms with Crippen molar-refractivity contribution < 1.29 is 20.2 Å². The number of hydroxylamine groups is 2. The van der Waals surface area contributed by atoms with Gasteiger partial charge in [0, 0.05) is 24.2 Å². The molecule has 1 fully saturated rings. The molecule has 150 valence electrons. The number of unbranched alkanes of at least 4 members (excludes halogenated alkanes) is 1. The van der Waals surface area contributed by atoms with Crippen molar-refractivity contribution in [2.75, 3.05) is 26.2 Å². The van der Waals surface area contributed by atoms with Crippen molar-refractivity contribution in [2.24, 2.45) is 0 Å². The number of hydrogen-bond acceptors (Lipinski definition) is 6. The second kappa shape index (κ2) is 9.62. The maximum atomic E-state index is 10.4. The Kier molecular flexibility index (Phi) is 8.78. The molecule has 2 unspecified atom stereocenters. The fourth-order valence-electron chi connectivity index (χ4n) is 3.91. The maximum absolute atomic E-state index is 10.4. The molecule has 0 aromatic rings. The van der Waals surface area contributed by atoms with Gasteiger partial charge in [-0.2, -0.15) is 5.06 Å². The first-order chi connectivity index (χ1) is 11.5. The first kappa shape index (κ1) is 22.8. The fraction of sp³-hybridized carbons (Fsp3) is 1.00. The Morgan fingerprint density at radius 1 is 1.12 bits per heavy atom. The van der Waals surface area contributed by atoms with Crippen LogP contribution < -0.4 is 0 Å². The summed E-state index contributed by atoms with van der Waals surface area (Å²) >= 11 is 0. The normalized spacial score (nSPS) is 23.8. The van der Waals surface area contributed by atoms with Gasteiger partial charge in [0.1, 0.15) is 0 Å². The topological polar surface area (TPSA) is 76.4 Å². The van der Waals surface area contributed by atoms with Gasteiger partial charge in [-0.25, -0.2) is 0 Å². The molecule has 1 aliphatic heterocycles. The molecule has 0 aliphatic carbocycles. The van der Waals surface area contributed by atoms with Crippen molar-refractivity contribution >= 4 is 0 Å². The van der Waals surface area contributed by atoms with Crippen molar-refractivity contribution in [3.05, 3.63) is 0 Å². The molecule has 0 saturated carbocycles. The van der Waals surface area contributed by atoms with E-state index >= 15 is 0 Å². The van der Waals surface area contributed by atoms with Crippen LogP contribution in [0.5, 0.6) is 0 Å². The van der Waals surface area contributed by atoms with E-state index in [-0.39, 0.29) is 23.8 Å². The Labute approximate surface area is 153 Å². The van der Waals surface area contributed by atoms with E-state index in [1.807, 2.05) is 27.7 Å². The van der Waals surface area contributed by atoms with Crippen molar-refractivity contribution in [3.8, 4) is 0 Å². The number of aliphatic hydroxyl groups is 2. The number of nitrogens with zero attached hydrogens (tertiary/aromatic N) is 2. The van der Waals surface area contributed by atoms with Gasteiger partial charge in [0.2, 0.25) is 0 Å². The molecule has 25 heavy (non-hydrogen) atoms. The van der Waals surface area contributed by atoms with Gasteiger partial charge in [0.25, 0.3) is 0 Å². The van der Waals surface area contributed by atoms with Crippen LogP contribution in [0.2, 0.25) is 0 Å². The average molecular weight is 361 g/mol. The van der Waals surface area contributed by atoms with Crippen LogP contribution in [0.3, 0.4) is 0 Å². The van der Waals surface area contributed by atoms with Gasteiger partial charge in [-0.1, -0.05) is 13.3 Å². The molecule has 0 aromatic carbocycles. The smallest absolute Gasteiger partial charge is 0.0900 e. The summed E-state index contributed by atoms with van der Waals surface area (Å²) in [5.74, 6) is 0. The second-order valence-corrected chi connectivity index (χ2v) is 8.92. The quantitative estimate of drug-likeness (QED) is 0.555. The Balaban J connectivity index is 2.50. The molecule has 1 saturated heterocycles. The zero-order chi connectivity index (χ0) is 19.3. The van der Waals surface area contributed by atoms with E-state index in [4.69, 9.17) is 4.74 Å². The summed E-state index contributed by atoms with van der Waals surface area (Å²) in [5, 5.41) is 31.8. The predicted octanol–water partition coefficient (Wildman–Crippen LogP) is 2.26. The molecule has 0 aromatic heterocycles. The lowest BCUT2D eigenvalue weighted by Crippen LogP contribution is -2.60. The molecular formula is C19H40N2O4. The van der Waals surface area contributed by atoms with Gasteiger partial charge in [-0.15, -0.1) is 0 Å². The minimum Gasteiger partial charge on any atom is -0.392 e. The van der Waals surface area contributed by atoms with E-state index in [0.29, 0.717) is 13.1 Å². The summed E-state index contributed by atoms with van der Waals surface area (Å²) in [6, 6.07) is 0. The van der Waals surface area contributed by atoms with E-state index in [1.54, 1.807) is 6.92 Å². The number of ether oxygens (including phenoxy) is 1. The van der Waals surface area contributed by atoms with Gasteiger partial charge >= 0.3 is 0 Å². The number of hydrogen-bond donors (Lipinski definition) is 3. The third-order valence-electron chi connectivity index (χ3n) is 4.94. The Morgan fingerprint density at radius 3 is 2.16 bits per heavy atom. The summed E-state index contributed by atoms with van der Waals surface area (Å²) in [4.78, 5) is 2.10. The molecule has 0 spiro atoms. The average Bonchev–Trinajstić information content (AvgIpc) is 2.47. The minimum atomic E-state index is -0.575. The Morgan fingerprint density at radius 2 is 1.68 bits per heavy atom. The van der Waals surface area contributed by atoms with E-state index in [9.17, 15) is 15.4 Å². The van der Waals surface area contributed by atoms with E-state index < -0.39 is 12.2 Å². The summed E-state index contributed by atoms with van der Waals surface area (Å²) in [5.41, 5.74) is -0.701. The lowest BCUT2D eigenvalue weighted by molar-refractivity contribution is -0.262. The highest BCUT2D eigenvalue weighted by atomic mass is 16.5. The third kappa shape index (κ3) is 7.49. The Bertz CT molecular complexity index is 370. The van der Waals surface area contributed by atoms with Crippen LogP contribution in [0.1, 0.15) is 67.2 Å². The van der Waals surface area contributed by atoms with Crippen LogP contribution in [0, 0.1) is 0 Å². The predicted molar refractivity (Wildman–Crippen MR) is 99.8 cm³/mol. The summed E-state index contributed by atoms with van der Waals surface area (Å²) in [7, 11) is 0. The van der Waals surface area contributed by atoms with E-state index in [1.165, 1.54) is 5.06 Å². The van der Waals surface area contributed by atoms with Crippen LogP contribution in [-0.2, 0) is 4.74 Å². The maximum Gasteiger partial charge on any atom is 0.0900 e. The van der Waals surface area contributed by atoms with Crippen molar-refractivity contribution in [1.82, 2.24) is 9.96 Å². The van der Waals surface area contributed by atoms with Gasteiger partial charge in [0.05, 0.1) is 24.9 Å². The lowest BCUT2D eigenvalue weighted by Gasteiger charge is -2.51. The van der Waals surface area contributed by atoms with Gasteiger partial charge in [-0.05, 0) is 60.4 Å². The van der Waals surface area contributed by atoms with Gasteiger partial charge in [-0.3, -0.25) is 4.90 Å². The zero-order valence-corrected chi connectivity index (χ0v) is 17.0. The Hall–Kier alpha value is -0.240. The molecular weight excluding hydrogens is 320 g/mol. The highest BCUT2D eigenvalue weighted by molar-refractivity contribution is 4.96. The zero-order valence-electron chi connectivity index (χ0n) is 17.0. The molecule has 0 radical (unpaired) electrons. The third-order valence-corrected chi connectivity index (χ3v) is 4.94. The monoisotopic (exact) mass is 360 g/mol. The number of rotatable bonds is 10. The molecule has 6 nitrogen and oxygen atoms in total. The molecule has 0 amide bonds. The molecule has 0 bridgehead atoms. The molecule has 1 rings (SSSR count). The van der Waals surface area contributed by atoms with Crippen LogP contribution in [0.4, 0.5) is 0 Å². The molecule has 1 aliphatic rings. The summed E-state index contributed by atoms with van der Waals surface area (Å²) in [6.45, 7) is 14.2. The SMILES string of the molecule is CCCCN(CC(C)O)CC(O)COC1CC(C)(C)N(O)C(C)(C)C1. The van der Waals surface area contributed by atoms with Crippen molar-refractivity contribution in [3.63, 3.8) is 0 Å². The van der Waals surface area contributed by atoms with Crippen LogP contribution in [0.25, 0.3) is 0 Å². The first-order valence-electron chi connectivity index (χ1n) is 9.67. The summed E-state index contributed by atoms with van der Waals surface area (Å²) in [6.07, 6.45) is 2.64. The largest absolute Gasteiger partial charge is 0.392 e. The van der Waals surface area contributed by atoms with Crippen molar-refractivity contribution in [1.29, 1.82) is 0 Å². The highest BCUT2D eigenvalue weighted by Crippen LogP contribution is 2.37. The highest BCUT2D eigenvalue weighted by Gasteiger charge is 2.45. The molecule has 2 atom stereocenters. The summed E-state index contributed by atoms with van der Waals surface area (Å²) < 4.78 is 6.00. The molecule has 1 heterocycles. The minimum absolute atomic E-state index is 0.0175. The second-order valence-electron chi connectivity index (χ2n) is 8.92. The van der Waals surface area contributed by atoms with Crippen LogP contribution in [0.15, 0.2) is 0 Å². The van der Waals surface area contributed by atoms with Gasteiger partial charge < -0.3 is 20.2 Å².